The third kappa shape index (κ3) is 5.76. The zero-order valence-electron chi connectivity index (χ0n) is 13.9. The molecule has 0 aliphatic rings. The molecule has 0 aliphatic carbocycles. The van der Waals surface area contributed by atoms with Gasteiger partial charge in [0.2, 0.25) is 5.91 Å². The Labute approximate surface area is 152 Å². The highest BCUT2D eigenvalue weighted by Crippen LogP contribution is 2.15. The van der Waals surface area contributed by atoms with E-state index < -0.39 is 0 Å². The van der Waals surface area contributed by atoms with Crippen LogP contribution < -0.4 is 5.32 Å². The number of thioether (sulfide) groups is 1. The van der Waals surface area contributed by atoms with Crippen molar-refractivity contribution in [2.24, 2.45) is 0 Å². The van der Waals surface area contributed by atoms with Crippen LogP contribution in [0.4, 0.5) is 5.69 Å². The molecule has 1 N–H and O–H groups in total. The Kier molecular flexibility index (Phi) is 6.23. The average molecular weight is 348 g/mol. The Hall–Kier alpha value is -2.59. The van der Waals surface area contributed by atoms with Gasteiger partial charge in [0.15, 0.2) is 0 Å². The summed E-state index contributed by atoms with van der Waals surface area (Å²) in [5.41, 5.74) is 4.51. The summed E-state index contributed by atoms with van der Waals surface area (Å²) < 4.78 is 0. The summed E-state index contributed by atoms with van der Waals surface area (Å²) in [5, 5.41) is 2.95. The van der Waals surface area contributed by atoms with E-state index in [1.807, 2.05) is 54.6 Å². The largest absolute Gasteiger partial charge is 0.325 e. The predicted octanol–water partition coefficient (Wildman–Crippen LogP) is 4.54. The third-order valence-corrected chi connectivity index (χ3v) is 4.74. The Balaban J connectivity index is 1.45. The van der Waals surface area contributed by atoms with Gasteiger partial charge in [0.1, 0.15) is 0 Å². The van der Waals surface area contributed by atoms with Gasteiger partial charge in [0, 0.05) is 23.8 Å². The zero-order valence-corrected chi connectivity index (χ0v) is 14.7. The molecule has 0 saturated heterocycles. The molecule has 0 fully saturated rings. The van der Waals surface area contributed by atoms with E-state index in [1.54, 1.807) is 24.2 Å². The van der Waals surface area contributed by atoms with Crippen LogP contribution in [0.25, 0.3) is 0 Å². The predicted molar refractivity (Wildman–Crippen MR) is 105 cm³/mol. The van der Waals surface area contributed by atoms with Gasteiger partial charge in [-0.15, -0.1) is 11.8 Å². The molecular formula is C21H20N2OS. The number of carbonyl (C=O) groups is 1. The molecule has 2 aromatic carbocycles. The molecule has 0 atom stereocenters. The molecule has 0 aliphatic heterocycles. The van der Waals surface area contributed by atoms with Gasteiger partial charge in [-0.1, -0.05) is 42.5 Å². The molecule has 3 rings (SSSR count). The first kappa shape index (κ1) is 17.2. The summed E-state index contributed by atoms with van der Waals surface area (Å²) in [4.78, 5) is 16.1. The number of carbonyl (C=O) groups excluding carboxylic acids is 1. The van der Waals surface area contributed by atoms with Gasteiger partial charge in [0.05, 0.1) is 5.75 Å². The molecule has 3 nitrogen and oxygen atoms in total. The fourth-order valence-corrected chi connectivity index (χ4v) is 3.26. The summed E-state index contributed by atoms with van der Waals surface area (Å²) in [5.74, 6) is 1.33. The molecular weight excluding hydrogens is 328 g/mol. The Morgan fingerprint density at radius 2 is 1.52 bits per heavy atom. The van der Waals surface area contributed by atoms with E-state index in [-0.39, 0.29) is 5.91 Å². The molecule has 1 amide bonds. The van der Waals surface area contributed by atoms with Gasteiger partial charge < -0.3 is 5.32 Å². The lowest BCUT2D eigenvalue weighted by atomic mass is 10.1. The summed E-state index contributed by atoms with van der Waals surface area (Å²) >= 11 is 1.62. The van der Waals surface area contributed by atoms with E-state index in [4.69, 9.17) is 0 Å². The minimum absolute atomic E-state index is 0.0304. The lowest BCUT2D eigenvalue weighted by Crippen LogP contribution is -2.14. The van der Waals surface area contributed by atoms with Crippen molar-refractivity contribution in [1.29, 1.82) is 0 Å². The second kappa shape index (κ2) is 9.04. The van der Waals surface area contributed by atoms with Crippen molar-refractivity contribution in [1.82, 2.24) is 4.98 Å². The number of hydrogen-bond donors (Lipinski definition) is 1. The highest BCUT2D eigenvalue weighted by Gasteiger charge is 2.04. The van der Waals surface area contributed by atoms with Crippen LogP contribution in [0, 0.1) is 0 Å². The molecule has 4 heteroatoms. The zero-order chi connectivity index (χ0) is 17.3. The van der Waals surface area contributed by atoms with E-state index in [0.717, 1.165) is 17.9 Å². The quantitative estimate of drug-likeness (QED) is 0.681. The number of anilines is 1. The molecule has 0 radical (unpaired) electrons. The van der Waals surface area contributed by atoms with E-state index in [1.165, 1.54) is 16.7 Å². The first-order valence-corrected chi connectivity index (χ1v) is 9.34. The van der Waals surface area contributed by atoms with E-state index in [2.05, 4.69) is 22.4 Å². The third-order valence-electron chi connectivity index (χ3n) is 3.74. The first-order chi connectivity index (χ1) is 12.3. The molecule has 1 aromatic heterocycles. The van der Waals surface area contributed by atoms with Crippen molar-refractivity contribution in [2.75, 3.05) is 11.1 Å². The molecule has 1 heterocycles. The SMILES string of the molecule is O=C(CSCc1ccccc1)Nc1ccc(Cc2ccncc2)cc1. The van der Waals surface area contributed by atoms with Gasteiger partial charge in [-0.2, -0.15) is 0 Å². The number of benzene rings is 2. The second-order valence-electron chi connectivity index (χ2n) is 5.76. The number of pyridine rings is 1. The Morgan fingerprint density at radius 3 is 2.24 bits per heavy atom. The van der Waals surface area contributed by atoms with Crippen molar-refractivity contribution in [2.45, 2.75) is 12.2 Å². The van der Waals surface area contributed by atoms with Crippen molar-refractivity contribution < 1.29 is 4.79 Å². The smallest absolute Gasteiger partial charge is 0.234 e. The fraction of sp³-hybridized carbons (Fsp3) is 0.143. The molecule has 126 valence electrons. The van der Waals surface area contributed by atoms with Crippen LogP contribution in [-0.2, 0) is 17.0 Å². The molecule has 0 unspecified atom stereocenters. The molecule has 3 aromatic rings. The van der Waals surface area contributed by atoms with E-state index >= 15 is 0 Å². The number of nitrogens with one attached hydrogen (secondary N) is 1. The Bertz CT molecular complexity index is 789. The monoisotopic (exact) mass is 348 g/mol. The van der Waals surface area contributed by atoms with E-state index in [9.17, 15) is 4.79 Å². The van der Waals surface area contributed by atoms with Crippen molar-refractivity contribution in [3.05, 3.63) is 95.8 Å². The maximum absolute atomic E-state index is 12.0. The van der Waals surface area contributed by atoms with Crippen LogP contribution in [0.15, 0.2) is 79.1 Å². The van der Waals surface area contributed by atoms with Crippen molar-refractivity contribution in [3.8, 4) is 0 Å². The molecule has 0 saturated carbocycles. The van der Waals surface area contributed by atoms with Crippen LogP contribution in [0.2, 0.25) is 0 Å². The summed E-state index contributed by atoms with van der Waals surface area (Å²) in [7, 11) is 0. The summed E-state index contributed by atoms with van der Waals surface area (Å²) in [6.45, 7) is 0. The number of amides is 1. The topological polar surface area (TPSA) is 42.0 Å². The van der Waals surface area contributed by atoms with Crippen LogP contribution in [-0.4, -0.2) is 16.6 Å². The number of rotatable bonds is 7. The molecule has 25 heavy (non-hydrogen) atoms. The minimum Gasteiger partial charge on any atom is -0.325 e. The lowest BCUT2D eigenvalue weighted by molar-refractivity contribution is -0.113. The van der Waals surface area contributed by atoms with Crippen molar-refractivity contribution in [3.63, 3.8) is 0 Å². The minimum atomic E-state index is 0.0304. The van der Waals surface area contributed by atoms with Crippen molar-refractivity contribution >= 4 is 23.4 Å². The maximum Gasteiger partial charge on any atom is 0.234 e. The maximum atomic E-state index is 12.0. The molecule has 0 bridgehead atoms. The summed E-state index contributed by atoms with van der Waals surface area (Å²) in [6, 6.07) is 22.2. The molecule has 0 spiro atoms. The van der Waals surface area contributed by atoms with Gasteiger partial charge in [-0.05, 0) is 47.4 Å². The fourth-order valence-electron chi connectivity index (χ4n) is 2.48. The van der Waals surface area contributed by atoms with Crippen LogP contribution in [0.5, 0.6) is 0 Å². The van der Waals surface area contributed by atoms with E-state index in [0.29, 0.717) is 5.75 Å². The van der Waals surface area contributed by atoms with Crippen LogP contribution >= 0.6 is 11.8 Å². The summed E-state index contributed by atoms with van der Waals surface area (Å²) in [6.07, 6.45) is 4.47. The van der Waals surface area contributed by atoms with Crippen LogP contribution in [0.1, 0.15) is 16.7 Å². The number of nitrogens with zero attached hydrogens (tertiary/aromatic N) is 1. The number of hydrogen-bond acceptors (Lipinski definition) is 3. The van der Waals surface area contributed by atoms with Gasteiger partial charge >= 0.3 is 0 Å². The standard InChI is InChI=1S/C21H20N2OS/c24-21(16-25-15-19-4-2-1-3-5-19)23-20-8-6-17(7-9-20)14-18-10-12-22-13-11-18/h1-13H,14-16H2,(H,23,24). The second-order valence-corrected chi connectivity index (χ2v) is 6.74. The normalized spacial score (nSPS) is 10.4. The van der Waals surface area contributed by atoms with Gasteiger partial charge in [0.25, 0.3) is 0 Å². The van der Waals surface area contributed by atoms with Gasteiger partial charge in [-0.3, -0.25) is 9.78 Å². The highest BCUT2D eigenvalue weighted by atomic mass is 32.2. The first-order valence-electron chi connectivity index (χ1n) is 8.19. The van der Waals surface area contributed by atoms with Crippen LogP contribution in [0.3, 0.4) is 0 Å². The Morgan fingerprint density at radius 1 is 0.840 bits per heavy atom. The highest BCUT2D eigenvalue weighted by molar-refractivity contribution is 7.99. The number of aromatic nitrogens is 1. The van der Waals surface area contributed by atoms with Gasteiger partial charge in [-0.25, -0.2) is 0 Å². The lowest BCUT2D eigenvalue weighted by Gasteiger charge is -2.07. The average Bonchev–Trinajstić information content (AvgIpc) is 2.65.